The van der Waals surface area contributed by atoms with Gasteiger partial charge in [-0.1, -0.05) is 0 Å². The van der Waals surface area contributed by atoms with E-state index < -0.39 is 9.84 Å². The Morgan fingerprint density at radius 1 is 1.09 bits per heavy atom. The number of aryl methyl sites for hydroxylation is 2. The van der Waals surface area contributed by atoms with E-state index >= 15 is 0 Å². The summed E-state index contributed by atoms with van der Waals surface area (Å²) in [6.07, 6.45) is 10.8. The lowest BCUT2D eigenvalue weighted by Gasteiger charge is -2.32. The Hall–Kier alpha value is -2.94. The molecule has 168 valence electrons. The highest BCUT2D eigenvalue weighted by Gasteiger charge is 2.28. The Balaban J connectivity index is 1.26. The lowest BCUT2D eigenvalue weighted by molar-refractivity contribution is -0.120. The molecule has 1 amide bonds. The quantitative estimate of drug-likeness (QED) is 0.653. The third kappa shape index (κ3) is 3.97. The summed E-state index contributed by atoms with van der Waals surface area (Å²) in [5.41, 5.74) is 4.26. The van der Waals surface area contributed by atoms with Crippen LogP contribution < -0.4 is 10.2 Å². The number of aromatic nitrogens is 3. The smallest absolute Gasteiger partial charge is 0.227 e. The van der Waals surface area contributed by atoms with Crippen LogP contribution in [0.3, 0.4) is 0 Å². The van der Waals surface area contributed by atoms with Gasteiger partial charge in [0.05, 0.1) is 10.6 Å². The van der Waals surface area contributed by atoms with Gasteiger partial charge in [0.25, 0.3) is 0 Å². The first-order valence-electron chi connectivity index (χ1n) is 11.1. The van der Waals surface area contributed by atoms with Gasteiger partial charge < -0.3 is 10.2 Å². The van der Waals surface area contributed by atoms with Crippen LogP contribution in [-0.4, -0.2) is 48.3 Å². The molecule has 3 heterocycles. The first kappa shape index (κ1) is 20.9. The van der Waals surface area contributed by atoms with Gasteiger partial charge in [-0.05, 0) is 62.8 Å². The number of benzene rings is 1. The van der Waals surface area contributed by atoms with E-state index in [4.69, 9.17) is 10.1 Å². The number of anilines is 2. The van der Waals surface area contributed by atoms with Crippen molar-refractivity contribution in [1.82, 2.24) is 14.6 Å². The summed E-state index contributed by atoms with van der Waals surface area (Å²) in [6, 6.07) is 6.31. The molecule has 0 saturated carbocycles. The summed E-state index contributed by atoms with van der Waals surface area (Å²) in [4.78, 5) is 20.0. The Bertz CT molecular complexity index is 1260. The SMILES string of the molecule is CS(=O)(=O)c1ccc(NC(=O)C2CCN(c3nccn4nc5c(c34)CCCC5)CC2)cc1. The van der Waals surface area contributed by atoms with Crippen molar-refractivity contribution >= 4 is 32.8 Å². The Kier molecular flexibility index (Phi) is 5.36. The first-order valence-corrected chi connectivity index (χ1v) is 13.0. The van der Waals surface area contributed by atoms with Crippen molar-refractivity contribution in [2.75, 3.05) is 29.6 Å². The van der Waals surface area contributed by atoms with Crippen LogP contribution in [0.2, 0.25) is 0 Å². The van der Waals surface area contributed by atoms with Gasteiger partial charge in [0.1, 0.15) is 5.52 Å². The minimum absolute atomic E-state index is 0.0235. The Morgan fingerprint density at radius 2 is 1.81 bits per heavy atom. The predicted molar refractivity (Wildman–Crippen MR) is 123 cm³/mol. The van der Waals surface area contributed by atoms with Crippen LogP contribution in [0.5, 0.6) is 0 Å². The molecule has 1 aromatic carbocycles. The maximum absolute atomic E-state index is 12.8. The van der Waals surface area contributed by atoms with Crippen molar-refractivity contribution < 1.29 is 13.2 Å². The maximum atomic E-state index is 12.8. The van der Waals surface area contributed by atoms with E-state index in [1.54, 1.807) is 18.3 Å². The summed E-state index contributed by atoms with van der Waals surface area (Å²) < 4.78 is 25.2. The molecule has 0 radical (unpaired) electrons. The molecule has 1 fully saturated rings. The zero-order valence-electron chi connectivity index (χ0n) is 18.1. The third-order valence-electron chi connectivity index (χ3n) is 6.51. The number of hydrogen-bond acceptors (Lipinski definition) is 6. The van der Waals surface area contributed by atoms with Crippen molar-refractivity contribution in [3.8, 4) is 0 Å². The number of rotatable bonds is 4. The molecular weight excluding hydrogens is 426 g/mol. The van der Waals surface area contributed by atoms with E-state index in [0.717, 1.165) is 50.1 Å². The average molecular weight is 454 g/mol. The lowest BCUT2D eigenvalue weighted by Crippen LogP contribution is -2.38. The second-order valence-electron chi connectivity index (χ2n) is 8.72. The van der Waals surface area contributed by atoms with Crippen molar-refractivity contribution in [3.63, 3.8) is 0 Å². The molecule has 2 aliphatic rings. The number of amides is 1. The molecular formula is C23H27N5O3S. The number of piperidine rings is 1. The van der Waals surface area contributed by atoms with Gasteiger partial charge in [-0.2, -0.15) is 5.10 Å². The number of fused-ring (bicyclic) bond motifs is 3. The summed E-state index contributed by atoms with van der Waals surface area (Å²) in [6.45, 7) is 1.52. The third-order valence-corrected chi connectivity index (χ3v) is 7.64. The minimum atomic E-state index is -3.25. The standard InChI is InChI=1S/C23H27N5O3S/c1-32(30,31)18-8-6-17(7-9-18)25-23(29)16-10-13-27(14-11-16)22-21-19-4-2-3-5-20(19)26-28(21)15-12-24-22/h6-9,12,15-16H,2-5,10-11,13-14H2,1H3,(H,25,29). The van der Waals surface area contributed by atoms with Crippen molar-refractivity contribution in [2.24, 2.45) is 5.92 Å². The fourth-order valence-corrected chi connectivity index (χ4v) is 5.39. The van der Waals surface area contributed by atoms with Crippen molar-refractivity contribution in [2.45, 2.75) is 43.4 Å². The highest BCUT2D eigenvalue weighted by atomic mass is 32.2. The van der Waals surface area contributed by atoms with Gasteiger partial charge in [-0.25, -0.2) is 17.9 Å². The van der Waals surface area contributed by atoms with E-state index in [0.29, 0.717) is 5.69 Å². The highest BCUT2D eigenvalue weighted by Crippen LogP contribution is 2.32. The fourth-order valence-electron chi connectivity index (χ4n) is 4.76. The second kappa shape index (κ2) is 8.20. The fraction of sp³-hybridized carbons (Fsp3) is 0.435. The summed E-state index contributed by atoms with van der Waals surface area (Å²) in [7, 11) is -3.25. The van der Waals surface area contributed by atoms with Crippen LogP contribution in [0.15, 0.2) is 41.6 Å². The molecule has 1 saturated heterocycles. The van der Waals surface area contributed by atoms with Gasteiger partial charge in [-0.3, -0.25) is 4.79 Å². The van der Waals surface area contributed by atoms with Gasteiger partial charge in [-0.15, -0.1) is 0 Å². The molecule has 9 heteroatoms. The maximum Gasteiger partial charge on any atom is 0.227 e. The summed E-state index contributed by atoms with van der Waals surface area (Å²) in [5, 5.41) is 7.70. The molecule has 3 aromatic rings. The van der Waals surface area contributed by atoms with Gasteiger partial charge in [0.15, 0.2) is 15.7 Å². The molecule has 0 unspecified atom stereocenters. The van der Waals surface area contributed by atoms with Crippen LogP contribution in [-0.2, 0) is 27.5 Å². The minimum Gasteiger partial charge on any atom is -0.355 e. The zero-order chi connectivity index (χ0) is 22.3. The monoisotopic (exact) mass is 453 g/mol. The summed E-state index contributed by atoms with van der Waals surface area (Å²) in [5.74, 6) is 0.863. The average Bonchev–Trinajstić information content (AvgIpc) is 3.18. The molecule has 8 nitrogen and oxygen atoms in total. The molecule has 1 N–H and O–H groups in total. The number of hydrogen-bond donors (Lipinski definition) is 1. The number of carbonyl (C=O) groups excluding carboxylic acids is 1. The van der Waals surface area contributed by atoms with Crippen LogP contribution in [0.25, 0.3) is 5.52 Å². The largest absolute Gasteiger partial charge is 0.355 e. The van der Waals surface area contributed by atoms with Crippen LogP contribution >= 0.6 is 0 Å². The molecule has 5 rings (SSSR count). The molecule has 32 heavy (non-hydrogen) atoms. The Labute approximate surface area is 187 Å². The molecule has 0 bridgehead atoms. The zero-order valence-corrected chi connectivity index (χ0v) is 18.9. The van der Waals surface area contributed by atoms with Crippen LogP contribution in [0.4, 0.5) is 11.5 Å². The molecule has 0 spiro atoms. The summed E-state index contributed by atoms with van der Waals surface area (Å²) >= 11 is 0. The van der Waals surface area contributed by atoms with E-state index in [1.165, 1.54) is 42.5 Å². The number of nitrogens with zero attached hydrogens (tertiary/aromatic N) is 4. The first-order chi connectivity index (χ1) is 15.4. The van der Waals surface area contributed by atoms with Gasteiger partial charge in [0, 0.05) is 48.9 Å². The van der Waals surface area contributed by atoms with Gasteiger partial charge in [0.2, 0.25) is 5.91 Å². The highest BCUT2D eigenvalue weighted by molar-refractivity contribution is 7.90. The molecule has 1 aliphatic heterocycles. The van der Waals surface area contributed by atoms with Crippen molar-refractivity contribution in [3.05, 3.63) is 47.9 Å². The van der Waals surface area contributed by atoms with E-state index in [9.17, 15) is 13.2 Å². The Morgan fingerprint density at radius 3 is 2.53 bits per heavy atom. The van der Waals surface area contributed by atoms with Gasteiger partial charge >= 0.3 is 0 Å². The predicted octanol–water partition coefficient (Wildman–Crippen LogP) is 2.87. The number of carbonyl (C=O) groups is 1. The van der Waals surface area contributed by atoms with Crippen LogP contribution in [0, 0.1) is 5.92 Å². The molecule has 2 aromatic heterocycles. The van der Waals surface area contributed by atoms with Crippen molar-refractivity contribution in [1.29, 1.82) is 0 Å². The normalized spacial score (nSPS) is 17.3. The lowest BCUT2D eigenvalue weighted by atomic mass is 9.94. The number of nitrogens with one attached hydrogen (secondary N) is 1. The second-order valence-corrected chi connectivity index (χ2v) is 10.7. The number of sulfone groups is 1. The van der Waals surface area contributed by atoms with E-state index in [1.807, 2.05) is 10.7 Å². The topological polar surface area (TPSA) is 96.7 Å². The molecule has 0 atom stereocenters. The van der Waals surface area contributed by atoms with E-state index in [-0.39, 0.29) is 16.7 Å². The van der Waals surface area contributed by atoms with E-state index in [2.05, 4.69) is 10.2 Å². The molecule has 1 aliphatic carbocycles. The van der Waals surface area contributed by atoms with Crippen LogP contribution in [0.1, 0.15) is 36.9 Å².